The van der Waals surface area contributed by atoms with Gasteiger partial charge in [-0.25, -0.2) is 4.68 Å². The molecular formula is C30H33N3O2S2. The molecule has 192 valence electrons. The van der Waals surface area contributed by atoms with Crippen LogP contribution in [0.25, 0.3) is 23.0 Å². The van der Waals surface area contributed by atoms with Crippen LogP contribution in [0, 0.1) is 6.92 Å². The van der Waals surface area contributed by atoms with Gasteiger partial charge in [0.15, 0.2) is 0 Å². The van der Waals surface area contributed by atoms with Crippen molar-refractivity contribution in [2.45, 2.75) is 64.8 Å². The first-order valence-electron chi connectivity index (χ1n) is 13.2. The first kappa shape index (κ1) is 25.7. The Morgan fingerprint density at radius 2 is 1.92 bits per heavy atom. The molecule has 2 aliphatic rings. The predicted octanol–water partition coefficient (Wildman–Crippen LogP) is 7.56. The molecule has 0 unspecified atom stereocenters. The number of ether oxygens (including phenoxy) is 1. The van der Waals surface area contributed by atoms with Gasteiger partial charge in [0.1, 0.15) is 15.8 Å². The van der Waals surface area contributed by atoms with E-state index in [1.54, 1.807) is 0 Å². The van der Waals surface area contributed by atoms with Gasteiger partial charge < -0.3 is 4.74 Å². The molecule has 2 heterocycles. The van der Waals surface area contributed by atoms with Crippen LogP contribution in [0.2, 0.25) is 0 Å². The van der Waals surface area contributed by atoms with Gasteiger partial charge in [-0.05, 0) is 68.2 Å². The van der Waals surface area contributed by atoms with Gasteiger partial charge in [-0.15, -0.1) is 0 Å². The number of carbonyl (C=O) groups excluding carboxylic acids is 1. The molecule has 1 saturated carbocycles. The highest BCUT2D eigenvalue weighted by Crippen LogP contribution is 2.39. The van der Waals surface area contributed by atoms with Gasteiger partial charge in [0, 0.05) is 23.4 Å². The van der Waals surface area contributed by atoms with Gasteiger partial charge in [-0.2, -0.15) is 5.10 Å². The molecular weight excluding hydrogens is 498 g/mol. The second-order valence-electron chi connectivity index (χ2n) is 9.74. The molecule has 1 aliphatic carbocycles. The van der Waals surface area contributed by atoms with E-state index in [0.29, 0.717) is 15.8 Å². The molecule has 2 aromatic carbocycles. The van der Waals surface area contributed by atoms with E-state index < -0.39 is 0 Å². The normalized spacial score (nSPS) is 17.7. The van der Waals surface area contributed by atoms with Crippen molar-refractivity contribution in [3.63, 3.8) is 0 Å². The number of thiocarbonyl (C=S) groups is 1. The van der Waals surface area contributed by atoms with Crippen LogP contribution in [0.3, 0.4) is 0 Å². The molecule has 0 N–H and O–H groups in total. The number of para-hydroxylation sites is 1. The molecule has 5 nitrogen and oxygen atoms in total. The summed E-state index contributed by atoms with van der Waals surface area (Å²) in [5.41, 5.74) is 4.75. The number of unbranched alkanes of at least 4 members (excludes halogenated alkanes) is 1. The number of carbonyl (C=O) groups is 1. The van der Waals surface area contributed by atoms with Gasteiger partial charge in [-0.3, -0.25) is 9.69 Å². The Morgan fingerprint density at radius 3 is 2.65 bits per heavy atom. The zero-order chi connectivity index (χ0) is 25.8. The SMILES string of the molecule is CCCCOc1ccc(-c2nn(-c3ccccc3)cc2C=C2SC(=S)N(C3CCCCC3)C2=O)cc1C. The highest BCUT2D eigenvalue weighted by molar-refractivity contribution is 8.26. The van der Waals surface area contributed by atoms with Crippen LogP contribution in [-0.4, -0.2) is 37.6 Å². The van der Waals surface area contributed by atoms with Crippen LogP contribution < -0.4 is 4.74 Å². The Hall–Kier alpha value is -2.90. The van der Waals surface area contributed by atoms with Gasteiger partial charge in [-0.1, -0.05) is 74.8 Å². The summed E-state index contributed by atoms with van der Waals surface area (Å²) in [4.78, 5) is 16.0. The summed E-state index contributed by atoms with van der Waals surface area (Å²) < 4.78 is 8.52. The number of thioether (sulfide) groups is 1. The van der Waals surface area contributed by atoms with Crippen molar-refractivity contribution in [2.75, 3.05) is 6.61 Å². The number of rotatable bonds is 8. The molecule has 1 aromatic heterocycles. The first-order valence-corrected chi connectivity index (χ1v) is 14.4. The van der Waals surface area contributed by atoms with Crippen molar-refractivity contribution in [3.8, 4) is 22.7 Å². The third kappa shape index (κ3) is 5.68. The Kier molecular flexibility index (Phi) is 8.11. The average Bonchev–Trinajstić information content (AvgIpc) is 3.46. The molecule has 3 aromatic rings. The predicted molar refractivity (Wildman–Crippen MR) is 156 cm³/mol. The van der Waals surface area contributed by atoms with Crippen LogP contribution in [0.1, 0.15) is 63.0 Å². The Morgan fingerprint density at radius 1 is 1.14 bits per heavy atom. The fraction of sp³-hybridized carbons (Fsp3) is 0.367. The number of aryl methyl sites for hydroxylation is 1. The number of aromatic nitrogens is 2. The van der Waals surface area contributed by atoms with E-state index in [9.17, 15) is 4.79 Å². The second kappa shape index (κ2) is 11.7. The van der Waals surface area contributed by atoms with E-state index in [2.05, 4.69) is 26.0 Å². The van der Waals surface area contributed by atoms with Crippen LogP contribution in [-0.2, 0) is 4.79 Å². The van der Waals surface area contributed by atoms with E-state index in [0.717, 1.165) is 72.3 Å². The Labute approximate surface area is 228 Å². The first-order chi connectivity index (χ1) is 18.0. The largest absolute Gasteiger partial charge is 0.493 e. The smallest absolute Gasteiger partial charge is 0.266 e. The highest BCUT2D eigenvalue weighted by atomic mass is 32.2. The highest BCUT2D eigenvalue weighted by Gasteiger charge is 2.37. The topological polar surface area (TPSA) is 47.4 Å². The molecule has 1 aliphatic heterocycles. The standard InChI is InChI=1S/C30H33N3O2S2/c1-3-4-17-35-26-16-15-22(18-21(26)2)28-23(20-32(31-28)24-11-7-5-8-12-24)19-27-29(34)33(30(36)37-27)25-13-9-6-10-14-25/h5,7-8,11-12,15-16,18-20,25H,3-4,6,9-10,13-14,17H2,1-2H3. The molecule has 7 heteroatoms. The lowest BCUT2D eigenvalue weighted by Crippen LogP contribution is -2.39. The molecule has 0 atom stereocenters. The maximum atomic E-state index is 13.5. The second-order valence-corrected chi connectivity index (χ2v) is 11.4. The van der Waals surface area contributed by atoms with Gasteiger partial charge in [0.05, 0.1) is 17.2 Å². The number of benzene rings is 2. The number of amides is 1. The molecule has 5 rings (SSSR count). The summed E-state index contributed by atoms with van der Waals surface area (Å²) in [5, 5.41) is 4.96. The zero-order valence-electron chi connectivity index (χ0n) is 21.5. The lowest BCUT2D eigenvalue weighted by molar-refractivity contribution is -0.124. The maximum Gasteiger partial charge on any atom is 0.266 e. The Balaban J connectivity index is 1.50. The number of hydrogen-bond acceptors (Lipinski definition) is 5. The lowest BCUT2D eigenvalue weighted by atomic mass is 9.94. The molecule has 0 radical (unpaired) electrons. The van der Waals surface area contributed by atoms with Crippen molar-refractivity contribution >= 4 is 40.3 Å². The Bertz CT molecular complexity index is 1310. The van der Waals surface area contributed by atoms with Crippen LogP contribution in [0.5, 0.6) is 5.75 Å². The summed E-state index contributed by atoms with van der Waals surface area (Å²) in [6, 6.07) is 16.5. The third-order valence-corrected chi connectivity index (χ3v) is 8.35. The van der Waals surface area contributed by atoms with Crippen molar-refractivity contribution in [1.82, 2.24) is 14.7 Å². The van der Waals surface area contributed by atoms with E-state index in [1.807, 2.05) is 58.3 Å². The summed E-state index contributed by atoms with van der Waals surface area (Å²) in [7, 11) is 0. The van der Waals surface area contributed by atoms with Gasteiger partial charge >= 0.3 is 0 Å². The summed E-state index contributed by atoms with van der Waals surface area (Å²) in [6.07, 6.45) is 11.7. The molecule has 1 saturated heterocycles. The van der Waals surface area contributed by atoms with E-state index in [-0.39, 0.29) is 11.9 Å². The van der Waals surface area contributed by atoms with Crippen LogP contribution in [0.15, 0.2) is 59.6 Å². The van der Waals surface area contributed by atoms with Crippen molar-refractivity contribution in [2.24, 2.45) is 0 Å². The van der Waals surface area contributed by atoms with E-state index in [4.69, 9.17) is 22.1 Å². The third-order valence-electron chi connectivity index (χ3n) is 7.02. The molecule has 0 bridgehead atoms. The minimum absolute atomic E-state index is 0.0242. The summed E-state index contributed by atoms with van der Waals surface area (Å²) in [6.45, 7) is 4.94. The van der Waals surface area contributed by atoms with Crippen LogP contribution in [0.4, 0.5) is 0 Å². The monoisotopic (exact) mass is 531 g/mol. The summed E-state index contributed by atoms with van der Waals surface area (Å²) >= 11 is 7.08. The molecule has 1 amide bonds. The molecule has 37 heavy (non-hydrogen) atoms. The van der Waals surface area contributed by atoms with Crippen molar-refractivity contribution in [1.29, 1.82) is 0 Å². The zero-order valence-corrected chi connectivity index (χ0v) is 23.1. The molecule has 2 fully saturated rings. The number of nitrogens with zero attached hydrogens (tertiary/aromatic N) is 3. The minimum atomic E-state index is 0.0242. The van der Waals surface area contributed by atoms with E-state index >= 15 is 0 Å². The fourth-order valence-corrected chi connectivity index (χ4v) is 6.38. The maximum absolute atomic E-state index is 13.5. The van der Waals surface area contributed by atoms with Gasteiger partial charge in [0.25, 0.3) is 5.91 Å². The molecule has 0 spiro atoms. The van der Waals surface area contributed by atoms with Gasteiger partial charge in [0.2, 0.25) is 0 Å². The van der Waals surface area contributed by atoms with Crippen LogP contribution >= 0.6 is 24.0 Å². The van der Waals surface area contributed by atoms with Crippen molar-refractivity contribution in [3.05, 3.63) is 70.8 Å². The summed E-state index contributed by atoms with van der Waals surface area (Å²) in [5.74, 6) is 0.922. The van der Waals surface area contributed by atoms with E-state index in [1.165, 1.54) is 18.2 Å². The number of hydrogen-bond donors (Lipinski definition) is 0. The average molecular weight is 532 g/mol. The van der Waals surface area contributed by atoms with Crippen molar-refractivity contribution < 1.29 is 9.53 Å². The quantitative estimate of drug-likeness (QED) is 0.171. The lowest BCUT2D eigenvalue weighted by Gasteiger charge is -2.29. The fourth-order valence-electron chi connectivity index (χ4n) is 4.99. The minimum Gasteiger partial charge on any atom is -0.493 e.